The SMILES string of the molecule is CC(=O)C1CCN(Cc2c(F)cccc2F)CC1. The molecule has 1 aliphatic heterocycles. The van der Waals surface area contributed by atoms with Gasteiger partial charge < -0.3 is 0 Å². The highest BCUT2D eigenvalue weighted by Gasteiger charge is 2.23. The highest BCUT2D eigenvalue weighted by molar-refractivity contribution is 5.78. The number of ketones is 1. The molecule has 0 aliphatic carbocycles. The van der Waals surface area contributed by atoms with Crippen molar-refractivity contribution in [1.29, 1.82) is 0 Å². The van der Waals surface area contributed by atoms with E-state index in [4.69, 9.17) is 0 Å². The van der Waals surface area contributed by atoms with Gasteiger partial charge in [-0.15, -0.1) is 0 Å². The summed E-state index contributed by atoms with van der Waals surface area (Å²) in [5.41, 5.74) is 0.124. The van der Waals surface area contributed by atoms with Crippen molar-refractivity contribution in [3.63, 3.8) is 0 Å². The molecule has 98 valence electrons. The largest absolute Gasteiger partial charge is 0.300 e. The molecule has 2 rings (SSSR count). The number of carbonyl (C=O) groups is 1. The van der Waals surface area contributed by atoms with E-state index in [1.54, 1.807) is 6.92 Å². The van der Waals surface area contributed by atoms with E-state index in [2.05, 4.69) is 0 Å². The van der Waals surface area contributed by atoms with Gasteiger partial charge in [0.15, 0.2) is 0 Å². The fraction of sp³-hybridized carbons (Fsp3) is 0.500. The van der Waals surface area contributed by atoms with Crippen LogP contribution in [-0.4, -0.2) is 23.8 Å². The van der Waals surface area contributed by atoms with Crippen LogP contribution in [0.15, 0.2) is 18.2 Å². The molecule has 0 saturated carbocycles. The van der Waals surface area contributed by atoms with E-state index in [1.807, 2.05) is 4.90 Å². The number of likely N-dealkylation sites (tertiary alicyclic amines) is 1. The maximum absolute atomic E-state index is 13.5. The summed E-state index contributed by atoms with van der Waals surface area (Å²) in [5.74, 6) is -0.661. The first-order valence-electron chi connectivity index (χ1n) is 6.23. The minimum atomic E-state index is -0.497. The summed E-state index contributed by atoms with van der Waals surface area (Å²) in [6.07, 6.45) is 1.57. The minimum Gasteiger partial charge on any atom is -0.300 e. The molecular weight excluding hydrogens is 236 g/mol. The summed E-state index contributed by atoms with van der Waals surface area (Å²) in [6.45, 7) is 3.33. The third-order valence-corrected chi connectivity index (χ3v) is 3.61. The molecule has 1 fully saturated rings. The molecule has 1 heterocycles. The molecule has 0 unspecified atom stereocenters. The molecule has 0 amide bonds. The van der Waals surface area contributed by atoms with Crippen LogP contribution >= 0.6 is 0 Å². The number of piperidine rings is 1. The maximum atomic E-state index is 13.5. The van der Waals surface area contributed by atoms with E-state index in [0.717, 1.165) is 25.9 Å². The van der Waals surface area contributed by atoms with Gasteiger partial charge in [-0.05, 0) is 45.0 Å². The Hall–Kier alpha value is -1.29. The van der Waals surface area contributed by atoms with Crippen molar-refractivity contribution >= 4 is 5.78 Å². The van der Waals surface area contributed by atoms with Crippen LogP contribution in [0.3, 0.4) is 0 Å². The molecule has 0 bridgehead atoms. The second-order valence-corrected chi connectivity index (χ2v) is 4.86. The molecule has 0 aromatic heterocycles. The third-order valence-electron chi connectivity index (χ3n) is 3.61. The molecule has 0 N–H and O–H groups in total. The van der Waals surface area contributed by atoms with Crippen LogP contribution < -0.4 is 0 Å². The molecule has 2 nitrogen and oxygen atoms in total. The fourth-order valence-electron chi connectivity index (χ4n) is 2.40. The molecule has 1 saturated heterocycles. The first-order chi connectivity index (χ1) is 8.58. The van der Waals surface area contributed by atoms with Gasteiger partial charge in [-0.3, -0.25) is 9.69 Å². The quantitative estimate of drug-likeness (QED) is 0.825. The minimum absolute atomic E-state index is 0.117. The van der Waals surface area contributed by atoms with Crippen molar-refractivity contribution in [1.82, 2.24) is 4.90 Å². The summed E-state index contributed by atoms with van der Waals surface area (Å²) in [6, 6.07) is 3.93. The van der Waals surface area contributed by atoms with Gasteiger partial charge in [-0.25, -0.2) is 8.78 Å². The average Bonchev–Trinajstić information content (AvgIpc) is 2.34. The Morgan fingerprint density at radius 2 is 1.83 bits per heavy atom. The number of carbonyl (C=O) groups excluding carboxylic acids is 1. The fourth-order valence-corrected chi connectivity index (χ4v) is 2.40. The molecule has 0 radical (unpaired) electrons. The highest BCUT2D eigenvalue weighted by atomic mass is 19.1. The Kier molecular flexibility index (Phi) is 4.07. The number of rotatable bonds is 3. The summed E-state index contributed by atoms with van der Waals surface area (Å²) in [7, 11) is 0. The van der Waals surface area contributed by atoms with Gasteiger partial charge >= 0.3 is 0 Å². The van der Waals surface area contributed by atoms with Crippen LogP contribution in [0.25, 0.3) is 0 Å². The Balaban J connectivity index is 1.98. The second kappa shape index (κ2) is 5.57. The Bertz CT molecular complexity index is 419. The Labute approximate surface area is 106 Å². The number of hydrogen-bond donors (Lipinski definition) is 0. The predicted molar refractivity (Wildman–Crippen MR) is 65.0 cm³/mol. The number of benzene rings is 1. The van der Waals surface area contributed by atoms with Gasteiger partial charge in [0.05, 0.1) is 0 Å². The normalized spacial score (nSPS) is 17.9. The standard InChI is InChI=1S/C14H17F2NO/c1-10(18)11-5-7-17(8-6-11)9-12-13(15)3-2-4-14(12)16/h2-4,11H,5-9H2,1H3. The van der Waals surface area contributed by atoms with Gasteiger partial charge in [-0.1, -0.05) is 6.07 Å². The lowest BCUT2D eigenvalue weighted by Crippen LogP contribution is -2.35. The first-order valence-corrected chi connectivity index (χ1v) is 6.23. The van der Waals surface area contributed by atoms with Crippen LogP contribution in [0.2, 0.25) is 0 Å². The molecule has 1 aromatic carbocycles. The van der Waals surface area contributed by atoms with Crippen molar-refractivity contribution in [2.45, 2.75) is 26.3 Å². The molecule has 4 heteroatoms. The zero-order valence-electron chi connectivity index (χ0n) is 10.5. The molecule has 18 heavy (non-hydrogen) atoms. The van der Waals surface area contributed by atoms with Gasteiger partial charge in [0.2, 0.25) is 0 Å². The van der Waals surface area contributed by atoms with E-state index in [9.17, 15) is 13.6 Å². The van der Waals surface area contributed by atoms with Crippen LogP contribution in [0, 0.1) is 17.6 Å². The molecule has 1 aromatic rings. The maximum Gasteiger partial charge on any atom is 0.133 e. The Morgan fingerprint density at radius 1 is 1.28 bits per heavy atom. The van der Waals surface area contributed by atoms with E-state index >= 15 is 0 Å². The lowest BCUT2D eigenvalue weighted by molar-refractivity contribution is -0.122. The van der Waals surface area contributed by atoms with Crippen molar-refractivity contribution < 1.29 is 13.6 Å². The van der Waals surface area contributed by atoms with E-state index in [1.165, 1.54) is 18.2 Å². The molecule has 0 atom stereocenters. The van der Waals surface area contributed by atoms with E-state index in [0.29, 0.717) is 0 Å². The topological polar surface area (TPSA) is 20.3 Å². The van der Waals surface area contributed by atoms with Gasteiger partial charge in [0.1, 0.15) is 17.4 Å². The van der Waals surface area contributed by atoms with E-state index in [-0.39, 0.29) is 23.8 Å². The van der Waals surface area contributed by atoms with Gasteiger partial charge in [-0.2, -0.15) is 0 Å². The molecule has 1 aliphatic rings. The van der Waals surface area contributed by atoms with Crippen LogP contribution in [-0.2, 0) is 11.3 Å². The second-order valence-electron chi connectivity index (χ2n) is 4.86. The van der Waals surface area contributed by atoms with Crippen LogP contribution in [0.4, 0.5) is 8.78 Å². The van der Waals surface area contributed by atoms with Crippen molar-refractivity contribution in [3.8, 4) is 0 Å². The third kappa shape index (κ3) is 2.93. The summed E-state index contributed by atoms with van der Waals surface area (Å²) < 4.78 is 27.0. The summed E-state index contributed by atoms with van der Waals surface area (Å²) in [4.78, 5) is 13.2. The van der Waals surface area contributed by atoms with Crippen LogP contribution in [0.1, 0.15) is 25.3 Å². The first kappa shape index (κ1) is 13.1. The molecule has 0 spiro atoms. The highest BCUT2D eigenvalue weighted by Crippen LogP contribution is 2.21. The lowest BCUT2D eigenvalue weighted by Gasteiger charge is -2.30. The number of halogens is 2. The summed E-state index contributed by atoms with van der Waals surface area (Å²) >= 11 is 0. The zero-order valence-corrected chi connectivity index (χ0v) is 10.5. The van der Waals surface area contributed by atoms with Gasteiger partial charge in [0, 0.05) is 18.0 Å². The van der Waals surface area contributed by atoms with Crippen molar-refractivity contribution in [2.75, 3.05) is 13.1 Å². The monoisotopic (exact) mass is 253 g/mol. The number of hydrogen-bond acceptors (Lipinski definition) is 2. The average molecular weight is 253 g/mol. The van der Waals surface area contributed by atoms with E-state index < -0.39 is 11.6 Å². The molecular formula is C14H17F2NO. The number of Topliss-reactive ketones (excluding diaryl/α,β-unsaturated/α-hetero) is 1. The summed E-state index contributed by atoms with van der Waals surface area (Å²) in [5, 5.41) is 0. The van der Waals surface area contributed by atoms with Gasteiger partial charge in [0.25, 0.3) is 0 Å². The Morgan fingerprint density at radius 3 is 2.33 bits per heavy atom. The number of nitrogens with zero attached hydrogens (tertiary/aromatic N) is 1. The van der Waals surface area contributed by atoms with Crippen molar-refractivity contribution in [3.05, 3.63) is 35.4 Å². The smallest absolute Gasteiger partial charge is 0.133 e. The zero-order chi connectivity index (χ0) is 13.1. The lowest BCUT2D eigenvalue weighted by atomic mass is 9.93. The van der Waals surface area contributed by atoms with Crippen LogP contribution in [0.5, 0.6) is 0 Å². The predicted octanol–water partition coefficient (Wildman–Crippen LogP) is 2.77. The van der Waals surface area contributed by atoms with Crippen molar-refractivity contribution in [2.24, 2.45) is 5.92 Å².